The first-order valence-electron chi connectivity index (χ1n) is 5.65. The molecule has 92 valence electrons. The number of hydrogen-bond acceptors (Lipinski definition) is 3. The van der Waals surface area contributed by atoms with Crippen molar-refractivity contribution in [1.29, 1.82) is 10.5 Å². The fourth-order valence-corrected chi connectivity index (χ4v) is 1.90. The van der Waals surface area contributed by atoms with Crippen LogP contribution in [-0.2, 0) is 6.54 Å². The fourth-order valence-electron chi connectivity index (χ4n) is 1.66. The van der Waals surface area contributed by atoms with Gasteiger partial charge in [0.1, 0.15) is 0 Å². The highest BCUT2D eigenvalue weighted by Crippen LogP contribution is 2.19. The molecule has 0 radical (unpaired) electrons. The summed E-state index contributed by atoms with van der Waals surface area (Å²) in [5.41, 5.74) is 2.92. The molecule has 4 heteroatoms. The Kier molecular flexibility index (Phi) is 4.03. The molecule has 3 nitrogen and oxygen atoms in total. The van der Waals surface area contributed by atoms with Gasteiger partial charge in [0.2, 0.25) is 0 Å². The van der Waals surface area contributed by atoms with Crippen molar-refractivity contribution in [2.24, 2.45) is 0 Å². The average molecular weight is 268 g/mol. The summed E-state index contributed by atoms with van der Waals surface area (Å²) >= 11 is 6.09. The maximum Gasteiger partial charge on any atom is 0.0992 e. The normalized spacial score (nSPS) is 9.42. The molecule has 1 N–H and O–H groups in total. The standard InChI is InChI=1S/C15H10ClN3/c16-15-7-12(9-18)4-5-13(15)10-19-14-3-1-2-11(6-14)8-17/h1-7,19H,10H2. The lowest BCUT2D eigenvalue weighted by molar-refractivity contribution is 1.15. The lowest BCUT2D eigenvalue weighted by atomic mass is 10.1. The van der Waals surface area contributed by atoms with Crippen molar-refractivity contribution >= 4 is 17.3 Å². The number of nitrogens with zero attached hydrogens (tertiary/aromatic N) is 2. The molecule has 19 heavy (non-hydrogen) atoms. The van der Waals surface area contributed by atoms with Gasteiger partial charge in [0.15, 0.2) is 0 Å². The number of nitriles is 2. The Morgan fingerprint density at radius 3 is 2.42 bits per heavy atom. The van der Waals surface area contributed by atoms with E-state index < -0.39 is 0 Å². The molecular formula is C15H10ClN3. The van der Waals surface area contributed by atoms with Crippen LogP contribution in [0.2, 0.25) is 5.02 Å². The van der Waals surface area contributed by atoms with Crippen molar-refractivity contribution in [1.82, 2.24) is 0 Å². The first-order valence-corrected chi connectivity index (χ1v) is 6.03. The summed E-state index contributed by atoms with van der Waals surface area (Å²) in [6.07, 6.45) is 0. The maximum atomic E-state index is 8.82. The van der Waals surface area contributed by atoms with Crippen molar-refractivity contribution in [2.75, 3.05) is 5.32 Å². The molecule has 0 spiro atoms. The number of anilines is 1. The summed E-state index contributed by atoms with van der Waals surface area (Å²) in [6.45, 7) is 0.541. The van der Waals surface area contributed by atoms with Gasteiger partial charge in [-0.1, -0.05) is 23.7 Å². The zero-order chi connectivity index (χ0) is 13.7. The minimum Gasteiger partial charge on any atom is -0.381 e. The van der Waals surface area contributed by atoms with Crippen molar-refractivity contribution in [3.8, 4) is 12.1 Å². The van der Waals surface area contributed by atoms with Gasteiger partial charge in [-0.2, -0.15) is 10.5 Å². The van der Waals surface area contributed by atoms with E-state index in [1.54, 1.807) is 24.3 Å². The largest absolute Gasteiger partial charge is 0.381 e. The van der Waals surface area contributed by atoms with Crippen LogP contribution in [-0.4, -0.2) is 0 Å². The molecule has 0 aromatic heterocycles. The maximum absolute atomic E-state index is 8.82. The van der Waals surface area contributed by atoms with Crippen LogP contribution in [0, 0.1) is 22.7 Å². The Morgan fingerprint density at radius 2 is 1.74 bits per heavy atom. The lowest BCUT2D eigenvalue weighted by Crippen LogP contribution is -2.00. The summed E-state index contributed by atoms with van der Waals surface area (Å²) in [4.78, 5) is 0. The van der Waals surface area contributed by atoms with E-state index in [4.69, 9.17) is 22.1 Å². The molecule has 0 fully saturated rings. The smallest absolute Gasteiger partial charge is 0.0992 e. The average Bonchev–Trinajstić information content (AvgIpc) is 2.46. The van der Waals surface area contributed by atoms with Crippen LogP contribution in [0.5, 0.6) is 0 Å². The monoisotopic (exact) mass is 267 g/mol. The molecule has 0 heterocycles. The van der Waals surface area contributed by atoms with E-state index in [0.717, 1.165) is 11.3 Å². The zero-order valence-electron chi connectivity index (χ0n) is 10.0. The summed E-state index contributed by atoms with van der Waals surface area (Å²) in [5.74, 6) is 0. The SMILES string of the molecule is N#Cc1cccc(NCc2ccc(C#N)cc2Cl)c1. The van der Waals surface area contributed by atoms with Gasteiger partial charge >= 0.3 is 0 Å². The number of benzene rings is 2. The predicted molar refractivity (Wildman–Crippen MR) is 74.7 cm³/mol. The van der Waals surface area contributed by atoms with Crippen LogP contribution in [0.1, 0.15) is 16.7 Å². The fraction of sp³-hybridized carbons (Fsp3) is 0.0667. The molecule has 0 aliphatic carbocycles. The molecule has 2 aromatic rings. The minimum absolute atomic E-state index is 0.541. The molecular weight excluding hydrogens is 258 g/mol. The molecule has 0 atom stereocenters. The van der Waals surface area contributed by atoms with Gasteiger partial charge in [-0.25, -0.2) is 0 Å². The quantitative estimate of drug-likeness (QED) is 0.922. The number of nitrogens with one attached hydrogen (secondary N) is 1. The number of hydrogen-bond donors (Lipinski definition) is 1. The zero-order valence-corrected chi connectivity index (χ0v) is 10.8. The van der Waals surface area contributed by atoms with Crippen molar-refractivity contribution in [3.05, 3.63) is 64.2 Å². The van der Waals surface area contributed by atoms with E-state index in [0.29, 0.717) is 22.7 Å². The molecule has 0 bridgehead atoms. The van der Waals surface area contributed by atoms with Crippen LogP contribution in [0.25, 0.3) is 0 Å². The van der Waals surface area contributed by atoms with Crippen molar-refractivity contribution < 1.29 is 0 Å². The Morgan fingerprint density at radius 1 is 1.00 bits per heavy atom. The highest BCUT2D eigenvalue weighted by molar-refractivity contribution is 6.31. The van der Waals surface area contributed by atoms with Gasteiger partial charge in [0, 0.05) is 17.3 Å². The lowest BCUT2D eigenvalue weighted by Gasteiger charge is -2.08. The highest BCUT2D eigenvalue weighted by Gasteiger charge is 2.02. The van der Waals surface area contributed by atoms with Gasteiger partial charge in [0.25, 0.3) is 0 Å². The first-order chi connectivity index (χ1) is 9.22. The predicted octanol–water partition coefficient (Wildman–Crippen LogP) is 3.70. The van der Waals surface area contributed by atoms with Crippen molar-refractivity contribution in [3.63, 3.8) is 0 Å². The number of rotatable bonds is 3. The van der Waals surface area contributed by atoms with E-state index >= 15 is 0 Å². The highest BCUT2D eigenvalue weighted by atomic mass is 35.5. The van der Waals surface area contributed by atoms with E-state index in [1.807, 2.05) is 24.3 Å². The summed E-state index contributed by atoms with van der Waals surface area (Å²) in [5, 5.41) is 21.3. The van der Waals surface area contributed by atoms with E-state index in [1.165, 1.54) is 0 Å². The topological polar surface area (TPSA) is 59.6 Å². The van der Waals surface area contributed by atoms with E-state index in [9.17, 15) is 0 Å². The second-order valence-corrected chi connectivity index (χ2v) is 4.37. The van der Waals surface area contributed by atoms with Crippen LogP contribution in [0.3, 0.4) is 0 Å². The second-order valence-electron chi connectivity index (χ2n) is 3.96. The van der Waals surface area contributed by atoms with Gasteiger partial charge < -0.3 is 5.32 Å². The minimum atomic E-state index is 0.541. The third kappa shape index (κ3) is 3.25. The molecule has 0 unspecified atom stereocenters. The van der Waals surface area contributed by atoms with Gasteiger partial charge in [-0.05, 0) is 35.9 Å². The molecule has 0 aliphatic rings. The van der Waals surface area contributed by atoms with Crippen LogP contribution >= 0.6 is 11.6 Å². The first kappa shape index (κ1) is 13.0. The van der Waals surface area contributed by atoms with Crippen LogP contribution < -0.4 is 5.32 Å². The molecule has 0 saturated carbocycles. The van der Waals surface area contributed by atoms with Crippen LogP contribution in [0.4, 0.5) is 5.69 Å². The molecule has 0 saturated heterocycles. The Bertz CT molecular complexity index is 681. The molecule has 2 rings (SSSR count). The molecule has 0 aliphatic heterocycles. The molecule has 0 amide bonds. The third-order valence-corrected chi connectivity index (χ3v) is 3.01. The number of halogens is 1. The van der Waals surface area contributed by atoms with Crippen LogP contribution in [0.15, 0.2) is 42.5 Å². The third-order valence-electron chi connectivity index (χ3n) is 2.66. The summed E-state index contributed by atoms with van der Waals surface area (Å²) in [7, 11) is 0. The van der Waals surface area contributed by atoms with Gasteiger partial charge in [-0.15, -0.1) is 0 Å². The van der Waals surface area contributed by atoms with Gasteiger partial charge in [0.05, 0.1) is 23.3 Å². The summed E-state index contributed by atoms with van der Waals surface area (Å²) in [6, 6.07) is 16.6. The Labute approximate surface area is 116 Å². The van der Waals surface area contributed by atoms with E-state index in [2.05, 4.69) is 11.4 Å². The molecule has 2 aromatic carbocycles. The van der Waals surface area contributed by atoms with Gasteiger partial charge in [-0.3, -0.25) is 0 Å². The van der Waals surface area contributed by atoms with Crippen molar-refractivity contribution in [2.45, 2.75) is 6.54 Å². The Hall–Kier alpha value is -2.49. The Balaban J connectivity index is 2.11. The summed E-state index contributed by atoms with van der Waals surface area (Å²) < 4.78 is 0. The van der Waals surface area contributed by atoms with E-state index in [-0.39, 0.29) is 0 Å². The second kappa shape index (κ2) is 5.91.